The first-order valence-electron chi connectivity index (χ1n) is 8.38. The van der Waals surface area contributed by atoms with E-state index in [1.54, 1.807) is 19.2 Å². The Morgan fingerprint density at radius 3 is 3.08 bits per heavy atom. The summed E-state index contributed by atoms with van der Waals surface area (Å²) in [5.74, 6) is 0.821. The molecule has 1 aliphatic heterocycles. The molecule has 0 aliphatic carbocycles. The Balaban J connectivity index is 1.57. The summed E-state index contributed by atoms with van der Waals surface area (Å²) in [7, 11) is 1.58. The predicted octanol–water partition coefficient (Wildman–Crippen LogP) is 2.92. The van der Waals surface area contributed by atoms with Crippen molar-refractivity contribution in [3.05, 3.63) is 47.5 Å². The third kappa shape index (κ3) is 3.76. The first kappa shape index (κ1) is 16.9. The Bertz CT molecular complexity index is 674. The average molecular weight is 333 g/mol. The Kier molecular flexibility index (Phi) is 5.48. The molecular formula is C18H24FN3O2. The number of methoxy groups -OCH3 is 1. The van der Waals surface area contributed by atoms with Gasteiger partial charge in [-0.25, -0.2) is 4.39 Å². The number of halogens is 1. The SMILES string of the molecule is CCn1cc([C@@H]2OCC[C@H]2CNCc2cc(OC)ccc2F)cn1. The Hall–Kier alpha value is -1.92. The van der Waals surface area contributed by atoms with Gasteiger partial charge >= 0.3 is 0 Å². The minimum absolute atomic E-state index is 0.0629. The predicted molar refractivity (Wildman–Crippen MR) is 89.4 cm³/mol. The Morgan fingerprint density at radius 2 is 2.33 bits per heavy atom. The third-order valence-corrected chi connectivity index (χ3v) is 4.49. The molecule has 0 radical (unpaired) electrons. The molecule has 0 spiro atoms. The lowest BCUT2D eigenvalue weighted by atomic mass is 9.97. The average Bonchev–Trinajstić information content (AvgIpc) is 3.25. The molecule has 6 heteroatoms. The van der Waals surface area contributed by atoms with Gasteiger partial charge in [0.05, 0.1) is 19.4 Å². The zero-order valence-electron chi connectivity index (χ0n) is 14.2. The van der Waals surface area contributed by atoms with Crippen molar-refractivity contribution in [2.24, 2.45) is 5.92 Å². The second-order valence-corrected chi connectivity index (χ2v) is 6.06. The molecule has 130 valence electrons. The van der Waals surface area contributed by atoms with E-state index in [-0.39, 0.29) is 11.9 Å². The van der Waals surface area contributed by atoms with Crippen LogP contribution in [0.3, 0.4) is 0 Å². The van der Waals surface area contributed by atoms with Crippen molar-refractivity contribution in [3.8, 4) is 5.75 Å². The van der Waals surface area contributed by atoms with Crippen molar-refractivity contribution >= 4 is 0 Å². The van der Waals surface area contributed by atoms with E-state index in [4.69, 9.17) is 9.47 Å². The highest BCUT2D eigenvalue weighted by Gasteiger charge is 2.30. The molecule has 5 nitrogen and oxygen atoms in total. The summed E-state index contributed by atoms with van der Waals surface area (Å²) in [6, 6.07) is 4.80. The van der Waals surface area contributed by atoms with Crippen molar-refractivity contribution in [1.29, 1.82) is 0 Å². The topological polar surface area (TPSA) is 48.3 Å². The highest BCUT2D eigenvalue weighted by molar-refractivity contribution is 5.29. The molecule has 1 N–H and O–H groups in total. The van der Waals surface area contributed by atoms with Gasteiger partial charge in [0.1, 0.15) is 11.6 Å². The van der Waals surface area contributed by atoms with Gasteiger partial charge in [0.15, 0.2) is 0 Å². The van der Waals surface area contributed by atoms with Gasteiger partial charge in [-0.1, -0.05) is 0 Å². The number of benzene rings is 1. The monoisotopic (exact) mass is 333 g/mol. The van der Waals surface area contributed by atoms with Crippen LogP contribution in [-0.4, -0.2) is 30.0 Å². The summed E-state index contributed by atoms with van der Waals surface area (Å²) in [4.78, 5) is 0. The zero-order chi connectivity index (χ0) is 16.9. The maximum absolute atomic E-state index is 13.9. The number of nitrogens with one attached hydrogen (secondary N) is 1. The molecule has 1 aromatic carbocycles. The Labute approximate surface area is 141 Å². The van der Waals surface area contributed by atoms with Crippen molar-refractivity contribution < 1.29 is 13.9 Å². The van der Waals surface area contributed by atoms with Crippen molar-refractivity contribution in [2.45, 2.75) is 32.5 Å². The number of rotatable bonds is 7. The van der Waals surface area contributed by atoms with Gasteiger partial charge in [-0.05, 0) is 31.5 Å². The van der Waals surface area contributed by atoms with Gasteiger partial charge in [0.25, 0.3) is 0 Å². The van der Waals surface area contributed by atoms with E-state index in [1.165, 1.54) is 6.07 Å². The smallest absolute Gasteiger partial charge is 0.127 e. The molecule has 0 bridgehead atoms. The molecule has 0 unspecified atom stereocenters. The molecule has 2 aromatic rings. The van der Waals surface area contributed by atoms with Gasteiger partial charge < -0.3 is 14.8 Å². The first-order valence-corrected chi connectivity index (χ1v) is 8.38. The fourth-order valence-electron chi connectivity index (χ4n) is 3.12. The minimum atomic E-state index is -0.216. The summed E-state index contributed by atoms with van der Waals surface area (Å²) in [5, 5.41) is 7.68. The highest BCUT2D eigenvalue weighted by Crippen LogP contribution is 2.33. The van der Waals surface area contributed by atoms with E-state index < -0.39 is 0 Å². The van der Waals surface area contributed by atoms with Gasteiger partial charge in [0.2, 0.25) is 0 Å². The summed E-state index contributed by atoms with van der Waals surface area (Å²) in [6.07, 6.45) is 4.99. The fourth-order valence-corrected chi connectivity index (χ4v) is 3.12. The minimum Gasteiger partial charge on any atom is -0.497 e. The lowest BCUT2D eigenvalue weighted by Gasteiger charge is -2.18. The second kappa shape index (κ2) is 7.77. The number of ether oxygens (including phenoxy) is 2. The molecule has 24 heavy (non-hydrogen) atoms. The molecule has 3 rings (SSSR count). The standard InChI is InChI=1S/C18H24FN3O2/c1-3-22-12-15(11-21-22)18-13(6-7-24-18)9-20-10-14-8-16(23-2)4-5-17(14)19/h4-5,8,11-13,18,20H,3,6-7,9-10H2,1-2H3/t13-,18+/m0/s1. The van der Waals surface area contributed by atoms with Gasteiger partial charge in [-0.3, -0.25) is 4.68 Å². The van der Waals surface area contributed by atoms with E-state index in [0.717, 1.165) is 31.7 Å². The third-order valence-electron chi connectivity index (χ3n) is 4.49. The molecule has 1 aromatic heterocycles. The molecule has 0 saturated carbocycles. The van der Waals surface area contributed by atoms with Crippen LogP contribution in [0.1, 0.15) is 30.6 Å². The van der Waals surface area contributed by atoms with Crippen LogP contribution in [0, 0.1) is 11.7 Å². The number of hydrogen-bond acceptors (Lipinski definition) is 4. The fraction of sp³-hybridized carbons (Fsp3) is 0.500. The van der Waals surface area contributed by atoms with Gasteiger partial charge in [0, 0.05) is 49.5 Å². The molecule has 1 saturated heterocycles. The number of aryl methyl sites for hydroxylation is 1. The van der Waals surface area contributed by atoms with E-state index in [9.17, 15) is 4.39 Å². The maximum Gasteiger partial charge on any atom is 0.127 e. The molecule has 1 fully saturated rings. The lowest BCUT2D eigenvalue weighted by Crippen LogP contribution is -2.25. The van der Waals surface area contributed by atoms with E-state index in [2.05, 4.69) is 17.3 Å². The Morgan fingerprint density at radius 1 is 1.46 bits per heavy atom. The van der Waals surface area contributed by atoms with Crippen molar-refractivity contribution in [2.75, 3.05) is 20.3 Å². The number of nitrogens with zero attached hydrogens (tertiary/aromatic N) is 2. The molecule has 1 aliphatic rings. The van der Waals surface area contributed by atoms with Crippen molar-refractivity contribution in [3.63, 3.8) is 0 Å². The van der Waals surface area contributed by atoms with Crippen LogP contribution >= 0.6 is 0 Å². The summed E-state index contributed by atoms with van der Waals surface area (Å²) < 4.78 is 26.8. The highest BCUT2D eigenvalue weighted by atomic mass is 19.1. The van der Waals surface area contributed by atoms with E-state index in [0.29, 0.717) is 23.8 Å². The van der Waals surface area contributed by atoms with E-state index in [1.807, 2.05) is 17.1 Å². The van der Waals surface area contributed by atoms with Gasteiger partial charge in [-0.2, -0.15) is 5.10 Å². The van der Waals surface area contributed by atoms with Crippen LogP contribution in [0.2, 0.25) is 0 Å². The van der Waals surface area contributed by atoms with Crippen LogP contribution < -0.4 is 10.1 Å². The van der Waals surface area contributed by atoms with Crippen LogP contribution in [0.5, 0.6) is 5.75 Å². The quantitative estimate of drug-likeness (QED) is 0.846. The molecule has 0 amide bonds. The molecular weight excluding hydrogens is 309 g/mol. The number of hydrogen-bond donors (Lipinski definition) is 1. The maximum atomic E-state index is 13.9. The van der Waals surface area contributed by atoms with Crippen LogP contribution in [-0.2, 0) is 17.8 Å². The van der Waals surface area contributed by atoms with Crippen LogP contribution in [0.15, 0.2) is 30.6 Å². The summed E-state index contributed by atoms with van der Waals surface area (Å²) in [6.45, 7) is 4.92. The van der Waals surface area contributed by atoms with Crippen LogP contribution in [0.4, 0.5) is 4.39 Å². The summed E-state index contributed by atoms with van der Waals surface area (Å²) in [5.41, 5.74) is 1.73. The molecule has 2 heterocycles. The zero-order valence-corrected chi connectivity index (χ0v) is 14.2. The second-order valence-electron chi connectivity index (χ2n) is 6.06. The molecule has 2 atom stereocenters. The normalized spacial score (nSPS) is 20.5. The van der Waals surface area contributed by atoms with Crippen molar-refractivity contribution in [1.82, 2.24) is 15.1 Å². The number of aromatic nitrogens is 2. The van der Waals surface area contributed by atoms with E-state index >= 15 is 0 Å². The first-order chi connectivity index (χ1) is 11.7. The summed E-state index contributed by atoms with van der Waals surface area (Å²) >= 11 is 0. The largest absolute Gasteiger partial charge is 0.497 e. The van der Waals surface area contributed by atoms with Crippen LogP contribution in [0.25, 0.3) is 0 Å². The van der Waals surface area contributed by atoms with Gasteiger partial charge in [-0.15, -0.1) is 0 Å². The lowest BCUT2D eigenvalue weighted by molar-refractivity contribution is 0.0903.